The molecule has 0 unspecified atom stereocenters. The summed E-state index contributed by atoms with van der Waals surface area (Å²) in [4.78, 5) is 24.5. The fraction of sp³-hybridized carbons (Fsp3) is 0.458. The summed E-state index contributed by atoms with van der Waals surface area (Å²) in [5, 5.41) is 8.27. The molecular formula is C24H29ClN6O. The molecule has 1 aliphatic heterocycles. The van der Waals surface area contributed by atoms with Crippen LogP contribution in [0, 0.1) is 6.92 Å². The molecule has 168 valence electrons. The maximum Gasteiger partial charge on any atom is 0.252 e. The first-order valence-corrected chi connectivity index (χ1v) is 11.9. The van der Waals surface area contributed by atoms with Gasteiger partial charge in [0, 0.05) is 55.6 Å². The van der Waals surface area contributed by atoms with E-state index in [1.54, 1.807) is 6.07 Å². The number of halogens is 1. The molecule has 3 aromatic rings. The molecule has 0 spiro atoms. The van der Waals surface area contributed by atoms with Crippen LogP contribution in [0.5, 0.6) is 0 Å². The Morgan fingerprint density at radius 2 is 1.91 bits per heavy atom. The largest absolute Gasteiger partial charge is 0.368 e. The lowest BCUT2D eigenvalue weighted by molar-refractivity contribution is 0.353. The van der Waals surface area contributed by atoms with Crippen molar-refractivity contribution in [3.05, 3.63) is 51.4 Å². The zero-order valence-corrected chi connectivity index (χ0v) is 19.2. The van der Waals surface area contributed by atoms with Gasteiger partial charge in [0.05, 0.1) is 10.7 Å². The number of piperazine rings is 1. The molecule has 0 radical (unpaired) electrons. The molecule has 3 heterocycles. The van der Waals surface area contributed by atoms with Crippen LogP contribution in [0.2, 0.25) is 5.02 Å². The van der Waals surface area contributed by atoms with E-state index in [-0.39, 0.29) is 11.6 Å². The number of aromatic nitrogens is 3. The lowest BCUT2D eigenvalue weighted by Crippen LogP contribution is -2.43. The molecule has 0 atom stereocenters. The van der Waals surface area contributed by atoms with Crippen molar-refractivity contribution < 1.29 is 0 Å². The van der Waals surface area contributed by atoms with E-state index in [9.17, 15) is 4.79 Å². The lowest BCUT2D eigenvalue weighted by atomic mass is 9.95. The fourth-order valence-electron chi connectivity index (χ4n) is 4.90. The lowest BCUT2D eigenvalue weighted by Gasteiger charge is -2.30. The van der Waals surface area contributed by atoms with Crippen LogP contribution >= 0.6 is 11.6 Å². The monoisotopic (exact) mass is 452 g/mol. The van der Waals surface area contributed by atoms with Crippen molar-refractivity contribution in [1.82, 2.24) is 19.9 Å². The summed E-state index contributed by atoms with van der Waals surface area (Å²) in [5.41, 5.74) is 3.51. The molecule has 1 aliphatic carbocycles. The van der Waals surface area contributed by atoms with E-state index in [0.717, 1.165) is 74.2 Å². The number of aryl methyl sites for hydroxylation is 1. The van der Waals surface area contributed by atoms with Gasteiger partial charge in [-0.15, -0.1) is 0 Å². The summed E-state index contributed by atoms with van der Waals surface area (Å²) in [7, 11) is 0. The molecule has 0 bridgehead atoms. The van der Waals surface area contributed by atoms with Crippen molar-refractivity contribution in [2.75, 3.05) is 36.4 Å². The van der Waals surface area contributed by atoms with Gasteiger partial charge in [0.25, 0.3) is 5.56 Å². The zero-order chi connectivity index (χ0) is 22.1. The normalized spacial score (nSPS) is 17.6. The van der Waals surface area contributed by atoms with Gasteiger partial charge in [-0.3, -0.25) is 9.36 Å². The van der Waals surface area contributed by atoms with Gasteiger partial charge in [-0.05, 0) is 43.5 Å². The third-order valence-corrected chi connectivity index (χ3v) is 6.90. The minimum absolute atomic E-state index is 0.0231. The Hall–Kier alpha value is -2.64. The van der Waals surface area contributed by atoms with Crippen molar-refractivity contribution >= 4 is 40.0 Å². The van der Waals surface area contributed by atoms with E-state index >= 15 is 0 Å². The number of rotatable bonds is 4. The Morgan fingerprint density at radius 1 is 1.12 bits per heavy atom. The molecule has 1 saturated heterocycles. The van der Waals surface area contributed by atoms with Crippen LogP contribution in [-0.2, 0) is 0 Å². The quantitative estimate of drug-likeness (QED) is 0.610. The number of nitrogens with one attached hydrogen (secondary N) is 2. The Balaban J connectivity index is 1.47. The predicted octanol–water partition coefficient (Wildman–Crippen LogP) is 4.41. The topological polar surface area (TPSA) is 75.1 Å². The first-order chi connectivity index (χ1) is 15.6. The second kappa shape index (κ2) is 9.08. The van der Waals surface area contributed by atoms with Gasteiger partial charge in [0.15, 0.2) is 0 Å². The Kier molecular flexibility index (Phi) is 6.02. The predicted molar refractivity (Wildman–Crippen MR) is 130 cm³/mol. The second-order valence-electron chi connectivity index (χ2n) is 8.79. The zero-order valence-electron chi connectivity index (χ0n) is 18.4. The van der Waals surface area contributed by atoms with E-state index in [0.29, 0.717) is 16.6 Å². The smallest absolute Gasteiger partial charge is 0.252 e. The summed E-state index contributed by atoms with van der Waals surface area (Å²) in [5.74, 6) is 0.470. The number of hydrogen-bond acceptors (Lipinski definition) is 6. The highest BCUT2D eigenvalue weighted by Crippen LogP contribution is 2.32. The van der Waals surface area contributed by atoms with Crippen LogP contribution in [0.1, 0.15) is 43.7 Å². The van der Waals surface area contributed by atoms with Crippen LogP contribution in [-0.4, -0.2) is 40.7 Å². The molecule has 8 heteroatoms. The van der Waals surface area contributed by atoms with Gasteiger partial charge in [0.1, 0.15) is 5.65 Å². The van der Waals surface area contributed by atoms with Crippen molar-refractivity contribution in [3.63, 3.8) is 0 Å². The molecule has 7 nitrogen and oxygen atoms in total. The number of pyridine rings is 1. The summed E-state index contributed by atoms with van der Waals surface area (Å²) < 4.78 is 1.88. The van der Waals surface area contributed by atoms with Gasteiger partial charge in [-0.2, -0.15) is 4.98 Å². The van der Waals surface area contributed by atoms with Crippen molar-refractivity contribution in [1.29, 1.82) is 0 Å². The molecule has 2 aromatic heterocycles. The van der Waals surface area contributed by atoms with E-state index in [4.69, 9.17) is 16.6 Å². The maximum atomic E-state index is 12.9. The number of nitrogens with zero attached hydrogens (tertiary/aromatic N) is 4. The summed E-state index contributed by atoms with van der Waals surface area (Å²) in [6.07, 6.45) is 7.40. The average molecular weight is 453 g/mol. The summed E-state index contributed by atoms with van der Waals surface area (Å²) in [6, 6.07) is 7.87. The highest BCUT2D eigenvalue weighted by Gasteiger charge is 2.21. The first kappa shape index (κ1) is 21.2. The van der Waals surface area contributed by atoms with E-state index in [1.165, 1.54) is 6.42 Å². The second-order valence-corrected chi connectivity index (χ2v) is 9.19. The third kappa shape index (κ3) is 4.19. The average Bonchev–Trinajstić information content (AvgIpc) is 2.80. The highest BCUT2D eigenvalue weighted by atomic mass is 35.5. The summed E-state index contributed by atoms with van der Waals surface area (Å²) in [6.45, 7) is 5.75. The minimum atomic E-state index is 0.0231. The van der Waals surface area contributed by atoms with Gasteiger partial charge >= 0.3 is 0 Å². The molecule has 32 heavy (non-hydrogen) atoms. The Bertz CT molecular complexity index is 1180. The number of hydrogen-bond donors (Lipinski definition) is 2. The van der Waals surface area contributed by atoms with E-state index in [2.05, 4.69) is 20.5 Å². The molecule has 1 saturated carbocycles. The Morgan fingerprint density at radius 3 is 2.66 bits per heavy atom. The fourth-order valence-corrected chi connectivity index (χ4v) is 5.20. The van der Waals surface area contributed by atoms with Crippen molar-refractivity contribution in [2.24, 2.45) is 0 Å². The van der Waals surface area contributed by atoms with Crippen molar-refractivity contribution in [2.45, 2.75) is 45.1 Å². The maximum absolute atomic E-state index is 12.9. The Labute approximate surface area is 192 Å². The summed E-state index contributed by atoms with van der Waals surface area (Å²) >= 11 is 6.60. The van der Waals surface area contributed by atoms with Crippen molar-refractivity contribution in [3.8, 4) is 0 Å². The standard InChI is InChI=1S/C24H29ClN6O/c1-16-13-22(32)31(18-5-3-2-4-6-18)23-19(16)15-27-24(29-23)28-17-7-8-21(20(25)14-17)30-11-9-26-10-12-30/h7-8,13-15,18,26H,2-6,9-12H2,1H3,(H,27,28,29). The number of fused-ring (bicyclic) bond motifs is 1. The third-order valence-electron chi connectivity index (χ3n) is 6.60. The molecular weight excluding hydrogens is 424 g/mol. The molecule has 1 aromatic carbocycles. The molecule has 2 aliphatic rings. The van der Waals surface area contributed by atoms with Gasteiger partial charge < -0.3 is 15.5 Å². The van der Waals surface area contributed by atoms with Crippen LogP contribution < -0.4 is 21.1 Å². The van der Waals surface area contributed by atoms with Gasteiger partial charge in [0.2, 0.25) is 5.95 Å². The van der Waals surface area contributed by atoms with Gasteiger partial charge in [-0.1, -0.05) is 30.9 Å². The molecule has 2 fully saturated rings. The van der Waals surface area contributed by atoms with E-state index in [1.807, 2.05) is 35.9 Å². The SMILES string of the molecule is Cc1cc(=O)n(C2CCCCC2)c2nc(Nc3ccc(N4CCNCC4)c(Cl)c3)ncc12. The first-order valence-electron chi connectivity index (χ1n) is 11.5. The minimum Gasteiger partial charge on any atom is -0.368 e. The molecule has 0 amide bonds. The van der Waals surface area contributed by atoms with Crippen LogP contribution in [0.25, 0.3) is 11.0 Å². The number of benzene rings is 1. The van der Waals surface area contributed by atoms with Crippen LogP contribution in [0.15, 0.2) is 35.3 Å². The molecule has 2 N–H and O–H groups in total. The van der Waals surface area contributed by atoms with Gasteiger partial charge in [-0.25, -0.2) is 4.98 Å². The van der Waals surface area contributed by atoms with Crippen LogP contribution in [0.3, 0.4) is 0 Å². The highest BCUT2D eigenvalue weighted by molar-refractivity contribution is 6.33. The number of anilines is 3. The van der Waals surface area contributed by atoms with Crippen LogP contribution in [0.4, 0.5) is 17.3 Å². The molecule has 5 rings (SSSR count). The van der Waals surface area contributed by atoms with E-state index < -0.39 is 0 Å².